The Labute approximate surface area is 188 Å². The summed E-state index contributed by atoms with van der Waals surface area (Å²) in [5, 5.41) is 4.45. The van der Waals surface area contributed by atoms with Gasteiger partial charge in [0, 0.05) is 30.5 Å². The van der Waals surface area contributed by atoms with Gasteiger partial charge in [0.2, 0.25) is 0 Å². The van der Waals surface area contributed by atoms with Crippen molar-refractivity contribution in [2.24, 2.45) is 0 Å². The van der Waals surface area contributed by atoms with Crippen LogP contribution >= 0.6 is 0 Å². The molecule has 1 heterocycles. The molecular formula is C26H27N3O3. The summed E-state index contributed by atoms with van der Waals surface area (Å²) in [6.45, 7) is 0.482. The van der Waals surface area contributed by atoms with E-state index in [1.807, 2.05) is 42.5 Å². The van der Waals surface area contributed by atoms with Gasteiger partial charge in [0.15, 0.2) is 0 Å². The summed E-state index contributed by atoms with van der Waals surface area (Å²) in [6, 6.07) is 22.1. The molecule has 6 heteroatoms. The number of aromatic nitrogens is 2. The highest BCUT2D eigenvalue weighted by Gasteiger charge is 2.15. The van der Waals surface area contributed by atoms with E-state index in [0.29, 0.717) is 23.8 Å². The van der Waals surface area contributed by atoms with Gasteiger partial charge in [-0.3, -0.25) is 0 Å². The molecule has 0 saturated carbocycles. The first-order chi connectivity index (χ1) is 15.7. The van der Waals surface area contributed by atoms with Crippen LogP contribution in [-0.4, -0.2) is 31.3 Å². The topological polar surface area (TPSA) is 65.5 Å². The second-order valence-electron chi connectivity index (χ2n) is 7.36. The fraction of sp³-hybridized carbons (Fsp3) is 0.231. The second-order valence-corrected chi connectivity index (χ2v) is 7.36. The normalized spacial score (nSPS) is 10.7. The third kappa shape index (κ3) is 4.75. The van der Waals surface area contributed by atoms with Crippen LogP contribution in [0.5, 0.6) is 17.2 Å². The van der Waals surface area contributed by atoms with Gasteiger partial charge in [0.1, 0.15) is 28.9 Å². The van der Waals surface area contributed by atoms with Crippen LogP contribution in [0, 0.1) is 0 Å². The number of nitrogens with one attached hydrogen (secondary N) is 1. The molecule has 1 N–H and O–H groups in total. The Bertz CT molecular complexity index is 1170. The average molecular weight is 430 g/mol. The number of anilines is 1. The maximum absolute atomic E-state index is 5.58. The number of rotatable bonds is 9. The molecular weight excluding hydrogens is 402 g/mol. The lowest BCUT2D eigenvalue weighted by Crippen LogP contribution is -2.08. The Balaban J connectivity index is 1.63. The molecule has 0 radical (unpaired) electrons. The highest BCUT2D eigenvalue weighted by atomic mass is 16.5. The van der Waals surface area contributed by atoms with Crippen LogP contribution in [0.25, 0.3) is 10.9 Å². The van der Waals surface area contributed by atoms with E-state index < -0.39 is 0 Å². The Morgan fingerprint density at radius 3 is 2.12 bits per heavy atom. The average Bonchev–Trinajstić information content (AvgIpc) is 2.86. The maximum atomic E-state index is 5.58. The molecule has 4 rings (SSSR count). The lowest BCUT2D eigenvalue weighted by molar-refractivity contribution is 0.369. The molecule has 0 bridgehead atoms. The largest absolute Gasteiger partial charge is 0.496 e. The number of ether oxygens (including phenoxy) is 3. The molecule has 0 amide bonds. The summed E-state index contributed by atoms with van der Waals surface area (Å²) in [5.41, 5.74) is 3.08. The van der Waals surface area contributed by atoms with Crippen LogP contribution in [0.1, 0.15) is 17.0 Å². The fourth-order valence-electron chi connectivity index (χ4n) is 3.70. The van der Waals surface area contributed by atoms with Crippen molar-refractivity contribution in [2.45, 2.75) is 19.4 Å². The van der Waals surface area contributed by atoms with Crippen molar-refractivity contribution in [2.75, 3.05) is 26.6 Å². The third-order valence-corrected chi connectivity index (χ3v) is 5.38. The van der Waals surface area contributed by atoms with E-state index in [4.69, 9.17) is 24.2 Å². The van der Waals surface area contributed by atoms with Crippen molar-refractivity contribution in [3.05, 3.63) is 83.7 Å². The van der Waals surface area contributed by atoms with Gasteiger partial charge in [-0.1, -0.05) is 42.5 Å². The summed E-state index contributed by atoms with van der Waals surface area (Å²) in [4.78, 5) is 9.63. The monoisotopic (exact) mass is 429 g/mol. The molecule has 0 unspecified atom stereocenters. The molecule has 6 nitrogen and oxygen atoms in total. The standard InChI is InChI=1S/C26H27N3O3/c1-30-19-15-23(31-2)21(24(16-19)32-3)17-27-26-20-11-7-8-12-22(20)28-25(29-26)14-13-18-9-5-4-6-10-18/h4-12,15-16H,13-14,17H2,1-3H3,(H,27,28,29). The third-order valence-electron chi connectivity index (χ3n) is 5.38. The molecule has 0 aliphatic heterocycles. The number of aryl methyl sites for hydroxylation is 2. The first kappa shape index (κ1) is 21.4. The lowest BCUT2D eigenvalue weighted by Gasteiger charge is -2.17. The van der Waals surface area contributed by atoms with Crippen LogP contribution in [0.4, 0.5) is 5.82 Å². The first-order valence-corrected chi connectivity index (χ1v) is 10.5. The summed E-state index contributed by atoms with van der Waals surface area (Å²) in [5.74, 6) is 3.66. The second kappa shape index (κ2) is 10.0. The van der Waals surface area contributed by atoms with Gasteiger partial charge in [-0.25, -0.2) is 9.97 Å². The zero-order valence-corrected chi connectivity index (χ0v) is 18.6. The minimum Gasteiger partial charge on any atom is -0.496 e. The van der Waals surface area contributed by atoms with Crippen LogP contribution in [0.15, 0.2) is 66.7 Å². The van der Waals surface area contributed by atoms with E-state index in [1.54, 1.807) is 21.3 Å². The zero-order chi connectivity index (χ0) is 22.3. The molecule has 4 aromatic rings. The molecule has 0 aliphatic carbocycles. The van der Waals surface area contributed by atoms with Gasteiger partial charge in [0.25, 0.3) is 0 Å². The van der Waals surface area contributed by atoms with E-state index in [0.717, 1.165) is 41.0 Å². The van der Waals surface area contributed by atoms with Gasteiger partial charge in [-0.05, 0) is 24.1 Å². The molecule has 0 saturated heterocycles. The first-order valence-electron chi connectivity index (χ1n) is 10.5. The number of fused-ring (bicyclic) bond motifs is 1. The Kier molecular flexibility index (Phi) is 6.70. The minimum atomic E-state index is 0.482. The quantitative estimate of drug-likeness (QED) is 0.402. The lowest BCUT2D eigenvalue weighted by atomic mass is 10.1. The molecule has 0 atom stereocenters. The van der Waals surface area contributed by atoms with Crippen LogP contribution in [0.3, 0.4) is 0 Å². The van der Waals surface area contributed by atoms with Gasteiger partial charge in [0.05, 0.1) is 32.4 Å². The van der Waals surface area contributed by atoms with Gasteiger partial charge in [-0.15, -0.1) is 0 Å². The van der Waals surface area contributed by atoms with Crippen LogP contribution < -0.4 is 19.5 Å². The van der Waals surface area contributed by atoms with E-state index >= 15 is 0 Å². The Morgan fingerprint density at radius 1 is 0.750 bits per heavy atom. The van der Waals surface area contributed by atoms with E-state index in [-0.39, 0.29) is 0 Å². The van der Waals surface area contributed by atoms with Crippen molar-refractivity contribution in [3.8, 4) is 17.2 Å². The number of methoxy groups -OCH3 is 3. The molecule has 0 aliphatic rings. The summed E-state index contributed by atoms with van der Waals surface area (Å²) in [7, 11) is 4.90. The minimum absolute atomic E-state index is 0.482. The number of benzene rings is 3. The maximum Gasteiger partial charge on any atom is 0.137 e. The van der Waals surface area contributed by atoms with Gasteiger partial charge in [-0.2, -0.15) is 0 Å². The van der Waals surface area contributed by atoms with E-state index in [2.05, 4.69) is 29.6 Å². The van der Waals surface area contributed by atoms with E-state index in [9.17, 15) is 0 Å². The van der Waals surface area contributed by atoms with Gasteiger partial charge >= 0.3 is 0 Å². The Hall–Kier alpha value is -3.80. The zero-order valence-electron chi connectivity index (χ0n) is 18.6. The number of hydrogen-bond acceptors (Lipinski definition) is 6. The van der Waals surface area contributed by atoms with Crippen LogP contribution in [0.2, 0.25) is 0 Å². The number of nitrogens with zero attached hydrogens (tertiary/aromatic N) is 2. The fourth-order valence-corrected chi connectivity index (χ4v) is 3.70. The molecule has 32 heavy (non-hydrogen) atoms. The molecule has 1 aromatic heterocycles. The van der Waals surface area contributed by atoms with Crippen molar-refractivity contribution >= 4 is 16.7 Å². The molecule has 0 spiro atoms. The summed E-state index contributed by atoms with van der Waals surface area (Å²) in [6.07, 6.45) is 1.65. The SMILES string of the molecule is COc1cc(OC)c(CNc2nc(CCc3ccccc3)nc3ccccc23)c(OC)c1. The van der Waals surface area contributed by atoms with Crippen LogP contribution in [-0.2, 0) is 19.4 Å². The number of para-hydroxylation sites is 1. The van der Waals surface area contributed by atoms with Crippen molar-refractivity contribution in [1.82, 2.24) is 9.97 Å². The summed E-state index contributed by atoms with van der Waals surface area (Å²) >= 11 is 0. The molecule has 3 aromatic carbocycles. The van der Waals surface area contributed by atoms with Crippen molar-refractivity contribution in [3.63, 3.8) is 0 Å². The predicted octanol–water partition coefficient (Wildman–Crippen LogP) is 5.05. The summed E-state index contributed by atoms with van der Waals surface area (Å²) < 4.78 is 16.5. The van der Waals surface area contributed by atoms with Crippen molar-refractivity contribution in [1.29, 1.82) is 0 Å². The predicted molar refractivity (Wildman–Crippen MR) is 127 cm³/mol. The highest BCUT2D eigenvalue weighted by Crippen LogP contribution is 2.35. The molecule has 0 fully saturated rings. The van der Waals surface area contributed by atoms with E-state index in [1.165, 1.54) is 5.56 Å². The molecule has 164 valence electrons. The van der Waals surface area contributed by atoms with Gasteiger partial charge < -0.3 is 19.5 Å². The van der Waals surface area contributed by atoms with Crippen molar-refractivity contribution < 1.29 is 14.2 Å². The number of hydrogen-bond donors (Lipinski definition) is 1. The smallest absolute Gasteiger partial charge is 0.137 e. The highest BCUT2D eigenvalue weighted by molar-refractivity contribution is 5.89. The Morgan fingerprint density at radius 2 is 1.44 bits per heavy atom.